The van der Waals surface area contributed by atoms with Gasteiger partial charge in [0.15, 0.2) is 0 Å². The number of hydrogen-bond donors (Lipinski definition) is 1. The zero-order valence-corrected chi connectivity index (χ0v) is 12.8. The van der Waals surface area contributed by atoms with Crippen molar-refractivity contribution in [2.75, 3.05) is 7.11 Å². The number of ether oxygens (including phenoxy) is 1. The van der Waals surface area contributed by atoms with Crippen molar-refractivity contribution in [1.29, 1.82) is 0 Å². The van der Waals surface area contributed by atoms with E-state index < -0.39 is 0 Å². The summed E-state index contributed by atoms with van der Waals surface area (Å²) >= 11 is 0. The Hall–Kier alpha value is -1.59. The van der Waals surface area contributed by atoms with Crippen LogP contribution in [-0.2, 0) is 0 Å². The number of nitrogens with zero attached hydrogens (tertiary/aromatic N) is 2. The molecule has 2 atom stereocenters. The van der Waals surface area contributed by atoms with Gasteiger partial charge >= 0.3 is 0 Å². The van der Waals surface area contributed by atoms with Gasteiger partial charge in [0.1, 0.15) is 5.75 Å². The zero-order valence-electron chi connectivity index (χ0n) is 12.0. The van der Waals surface area contributed by atoms with Crippen molar-refractivity contribution in [1.82, 2.24) is 10.1 Å². The van der Waals surface area contributed by atoms with E-state index >= 15 is 0 Å². The Morgan fingerprint density at radius 3 is 2.67 bits per heavy atom. The van der Waals surface area contributed by atoms with Gasteiger partial charge in [0.05, 0.1) is 7.11 Å². The third-order valence-electron chi connectivity index (χ3n) is 3.85. The monoisotopic (exact) mass is 309 g/mol. The second kappa shape index (κ2) is 6.91. The van der Waals surface area contributed by atoms with Crippen LogP contribution >= 0.6 is 12.4 Å². The van der Waals surface area contributed by atoms with Crippen molar-refractivity contribution >= 4 is 12.4 Å². The van der Waals surface area contributed by atoms with E-state index in [9.17, 15) is 0 Å². The molecule has 1 saturated carbocycles. The number of hydrogen-bond acceptors (Lipinski definition) is 5. The molecule has 1 aromatic heterocycles. The maximum Gasteiger partial charge on any atom is 0.230 e. The average Bonchev–Trinajstić information content (AvgIpc) is 2.97. The van der Waals surface area contributed by atoms with Crippen molar-refractivity contribution in [3.05, 3.63) is 30.2 Å². The summed E-state index contributed by atoms with van der Waals surface area (Å²) in [5, 5.41) is 4.07. The van der Waals surface area contributed by atoms with Gasteiger partial charge in [0.25, 0.3) is 0 Å². The summed E-state index contributed by atoms with van der Waals surface area (Å²) in [6, 6.07) is 7.90. The van der Waals surface area contributed by atoms with E-state index in [-0.39, 0.29) is 18.4 Å². The SMILES string of the molecule is COc1ccc(-c2noc(C3CCCC(N)C3)n2)cc1.Cl. The quantitative estimate of drug-likeness (QED) is 0.942. The predicted molar refractivity (Wildman–Crippen MR) is 82.7 cm³/mol. The number of aromatic nitrogens is 2. The Balaban J connectivity index is 0.00000161. The molecule has 5 nitrogen and oxygen atoms in total. The predicted octanol–water partition coefficient (Wildman–Crippen LogP) is 3.15. The molecule has 2 unspecified atom stereocenters. The molecule has 6 heteroatoms. The van der Waals surface area contributed by atoms with E-state index in [1.807, 2.05) is 24.3 Å². The van der Waals surface area contributed by atoms with E-state index in [1.54, 1.807) is 7.11 Å². The Labute approximate surface area is 130 Å². The molecular formula is C15H20ClN3O2. The minimum absolute atomic E-state index is 0. The highest BCUT2D eigenvalue weighted by Gasteiger charge is 2.25. The highest BCUT2D eigenvalue weighted by Crippen LogP contribution is 2.32. The fourth-order valence-corrected chi connectivity index (χ4v) is 2.71. The van der Waals surface area contributed by atoms with Crippen LogP contribution in [0.4, 0.5) is 0 Å². The first-order valence-corrected chi connectivity index (χ1v) is 7.00. The van der Waals surface area contributed by atoms with Crippen LogP contribution in [-0.4, -0.2) is 23.3 Å². The van der Waals surface area contributed by atoms with E-state index in [4.69, 9.17) is 15.0 Å². The summed E-state index contributed by atoms with van der Waals surface area (Å²) in [4.78, 5) is 4.52. The second-order valence-corrected chi connectivity index (χ2v) is 5.31. The van der Waals surface area contributed by atoms with Crippen LogP contribution in [0.1, 0.15) is 37.5 Å². The van der Waals surface area contributed by atoms with Gasteiger partial charge in [-0.25, -0.2) is 0 Å². The molecule has 0 spiro atoms. The van der Waals surface area contributed by atoms with Crippen molar-refractivity contribution in [2.24, 2.45) is 5.73 Å². The van der Waals surface area contributed by atoms with Gasteiger partial charge in [-0.05, 0) is 43.5 Å². The Morgan fingerprint density at radius 1 is 1.24 bits per heavy atom. The highest BCUT2D eigenvalue weighted by molar-refractivity contribution is 5.85. The summed E-state index contributed by atoms with van der Waals surface area (Å²) in [5.41, 5.74) is 6.94. The molecule has 0 bridgehead atoms. The van der Waals surface area contributed by atoms with Gasteiger partial charge in [-0.3, -0.25) is 0 Å². The van der Waals surface area contributed by atoms with E-state index in [1.165, 1.54) is 0 Å². The smallest absolute Gasteiger partial charge is 0.230 e. The molecular weight excluding hydrogens is 290 g/mol. The molecule has 1 fully saturated rings. The standard InChI is InChI=1S/C15H19N3O2.ClH/c1-19-13-7-5-10(6-8-13)14-17-15(20-18-14)11-3-2-4-12(16)9-11;/h5-8,11-12H,2-4,9,16H2,1H3;1H. The minimum atomic E-state index is 0. The third kappa shape index (κ3) is 3.54. The molecule has 3 rings (SSSR count). The molecule has 0 radical (unpaired) electrons. The first-order valence-electron chi connectivity index (χ1n) is 7.00. The molecule has 2 aromatic rings. The van der Waals surface area contributed by atoms with Crippen LogP contribution in [0.3, 0.4) is 0 Å². The van der Waals surface area contributed by atoms with Crippen molar-refractivity contribution in [2.45, 2.75) is 37.6 Å². The van der Waals surface area contributed by atoms with Crippen LogP contribution in [0.2, 0.25) is 0 Å². The zero-order chi connectivity index (χ0) is 13.9. The van der Waals surface area contributed by atoms with E-state index in [0.29, 0.717) is 17.6 Å². The normalized spacial score (nSPS) is 21.6. The average molecular weight is 310 g/mol. The van der Waals surface area contributed by atoms with Crippen molar-refractivity contribution in [3.8, 4) is 17.1 Å². The second-order valence-electron chi connectivity index (χ2n) is 5.31. The number of halogens is 1. The lowest BCUT2D eigenvalue weighted by molar-refractivity contribution is 0.299. The van der Waals surface area contributed by atoms with Crippen LogP contribution in [0.5, 0.6) is 5.75 Å². The summed E-state index contributed by atoms with van der Waals surface area (Å²) in [6.07, 6.45) is 4.24. The van der Waals surface area contributed by atoms with Crippen LogP contribution in [0, 0.1) is 0 Å². The third-order valence-corrected chi connectivity index (χ3v) is 3.85. The fraction of sp³-hybridized carbons (Fsp3) is 0.467. The largest absolute Gasteiger partial charge is 0.497 e. The van der Waals surface area contributed by atoms with Gasteiger partial charge in [-0.2, -0.15) is 4.98 Å². The lowest BCUT2D eigenvalue weighted by atomic mass is 9.86. The molecule has 1 heterocycles. The summed E-state index contributed by atoms with van der Waals surface area (Å²) in [5.74, 6) is 2.46. The lowest BCUT2D eigenvalue weighted by Gasteiger charge is -2.23. The van der Waals surface area contributed by atoms with Gasteiger partial charge in [-0.15, -0.1) is 12.4 Å². The van der Waals surface area contributed by atoms with Gasteiger partial charge < -0.3 is 15.0 Å². The topological polar surface area (TPSA) is 74.2 Å². The number of nitrogens with two attached hydrogens (primary N) is 1. The summed E-state index contributed by atoms with van der Waals surface area (Å²) in [6.45, 7) is 0. The van der Waals surface area contributed by atoms with Crippen LogP contribution < -0.4 is 10.5 Å². The van der Waals surface area contributed by atoms with Crippen molar-refractivity contribution in [3.63, 3.8) is 0 Å². The lowest BCUT2D eigenvalue weighted by Crippen LogP contribution is -2.26. The van der Waals surface area contributed by atoms with E-state index in [2.05, 4.69) is 10.1 Å². The highest BCUT2D eigenvalue weighted by atomic mass is 35.5. The molecule has 1 aromatic carbocycles. The molecule has 114 valence electrons. The number of methoxy groups -OCH3 is 1. The molecule has 0 saturated heterocycles. The van der Waals surface area contributed by atoms with Crippen molar-refractivity contribution < 1.29 is 9.26 Å². The summed E-state index contributed by atoms with van der Waals surface area (Å²) < 4.78 is 10.6. The van der Waals surface area contributed by atoms with Gasteiger partial charge in [-0.1, -0.05) is 11.6 Å². The number of rotatable bonds is 3. The minimum Gasteiger partial charge on any atom is -0.497 e. The van der Waals surface area contributed by atoms with Crippen LogP contribution in [0.25, 0.3) is 11.4 Å². The van der Waals surface area contributed by atoms with E-state index in [0.717, 1.165) is 37.0 Å². The molecule has 0 aliphatic heterocycles. The molecule has 21 heavy (non-hydrogen) atoms. The number of benzene rings is 1. The molecule has 2 N–H and O–H groups in total. The first-order chi connectivity index (χ1) is 9.76. The molecule has 1 aliphatic rings. The fourth-order valence-electron chi connectivity index (χ4n) is 2.71. The van der Waals surface area contributed by atoms with Gasteiger partial charge in [0, 0.05) is 17.5 Å². The Morgan fingerprint density at radius 2 is 2.00 bits per heavy atom. The Kier molecular flexibility index (Phi) is 5.20. The molecule has 1 aliphatic carbocycles. The van der Waals surface area contributed by atoms with Gasteiger partial charge in [0.2, 0.25) is 11.7 Å². The summed E-state index contributed by atoms with van der Waals surface area (Å²) in [7, 11) is 1.65. The Bertz CT molecular complexity index is 571. The first kappa shape index (κ1) is 15.8. The maximum absolute atomic E-state index is 6.01. The van der Waals surface area contributed by atoms with Crippen LogP contribution in [0.15, 0.2) is 28.8 Å². The molecule has 0 amide bonds. The maximum atomic E-state index is 6.01.